The van der Waals surface area contributed by atoms with Gasteiger partial charge in [0.05, 0.1) is 0 Å². The molecule has 3 aliphatic rings. The fraction of sp³-hybridized carbons (Fsp3) is 0.800. The van der Waals surface area contributed by atoms with Crippen LogP contribution in [0.25, 0.3) is 0 Å². The second-order valence-electron chi connectivity index (χ2n) is 6.20. The minimum atomic E-state index is 0.550. The van der Waals surface area contributed by atoms with Crippen molar-refractivity contribution in [2.24, 2.45) is 16.3 Å². The molecule has 2 saturated carbocycles. The fourth-order valence-electron chi connectivity index (χ4n) is 3.44. The third kappa shape index (κ3) is 2.40. The second-order valence-corrected chi connectivity index (χ2v) is 6.20. The van der Waals surface area contributed by atoms with Gasteiger partial charge >= 0.3 is 0 Å². The van der Waals surface area contributed by atoms with Gasteiger partial charge in [-0.1, -0.05) is 18.6 Å². The average Bonchev–Trinajstić information content (AvgIpc) is 3.04. The van der Waals surface area contributed by atoms with Crippen LogP contribution in [0.15, 0.2) is 17.1 Å². The van der Waals surface area contributed by atoms with Crippen LogP contribution in [0, 0.1) is 11.3 Å². The van der Waals surface area contributed by atoms with Gasteiger partial charge in [-0.15, -0.1) is 0 Å². The first-order valence-electron chi connectivity index (χ1n) is 7.45. The topological polar surface area (TPSA) is 36.4 Å². The Hall–Kier alpha value is -0.990. The van der Waals surface area contributed by atoms with Crippen molar-refractivity contribution >= 4 is 5.96 Å². The lowest BCUT2D eigenvalue weighted by Crippen LogP contribution is -2.49. The van der Waals surface area contributed by atoms with Gasteiger partial charge in [-0.3, -0.25) is 4.99 Å². The average molecular weight is 247 g/mol. The molecule has 0 bridgehead atoms. The van der Waals surface area contributed by atoms with Crippen molar-refractivity contribution in [3.05, 3.63) is 12.2 Å². The Morgan fingerprint density at radius 3 is 2.50 bits per heavy atom. The van der Waals surface area contributed by atoms with Crippen molar-refractivity contribution in [2.75, 3.05) is 13.6 Å². The summed E-state index contributed by atoms with van der Waals surface area (Å²) in [6.07, 6.45) is 14.0. The van der Waals surface area contributed by atoms with E-state index in [1.807, 2.05) is 7.05 Å². The number of aliphatic imine (C=N–C) groups is 1. The highest BCUT2D eigenvalue weighted by Gasteiger charge is 2.48. The minimum Gasteiger partial charge on any atom is -0.356 e. The molecule has 0 saturated heterocycles. The van der Waals surface area contributed by atoms with Crippen molar-refractivity contribution < 1.29 is 0 Å². The molecule has 0 aromatic carbocycles. The van der Waals surface area contributed by atoms with Crippen molar-refractivity contribution in [1.29, 1.82) is 0 Å². The first kappa shape index (κ1) is 12.1. The van der Waals surface area contributed by atoms with Crippen LogP contribution in [-0.4, -0.2) is 25.6 Å². The normalized spacial score (nSPS) is 27.1. The van der Waals surface area contributed by atoms with Crippen molar-refractivity contribution in [1.82, 2.24) is 10.6 Å². The maximum absolute atomic E-state index is 4.36. The first-order valence-corrected chi connectivity index (χ1v) is 7.45. The summed E-state index contributed by atoms with van der Waals surface area (Å²) in [6, 6.07) is 0.550. The van der Waals surface area contributed by atoms with Crippen LogP contribution in [0.4, 0.5) is 0 Å². The predicted octanol–water partition coefficient (Wildman–Crippen LogP) is 2.45. The van der Waals surface area contributed by atoms with Gasteiger partial charge in [0.25, 0.3) is 0 Å². The van der Waals surface area contributed by atoms with Crippen LogP contribution in [0.1, 0.15) is 44.9 Å². The zero-order chi connectivity index (χ0) is 12.4. The van der Waals surface area contributed by atoms with Crippen molar-refractivity contribution in [3.8, 4) is 0 Å². The van der Waals surface area contributed by atoms with Gasteiger partial charge in [0.15, 0.2) is 5.96 Å². The quantitative estimate of drug-likeness (QED) is 0.455. The van der Waals surface area contributed by atoms with Gasteiger partial charge in [-0.2, -0.15) is 0 Å². The van der Waals surface area contributed by atoms with Crippen LogP contribution >= 0.6 is 0 Å². The zero-order valence-electron chi connectivity index (χ0n) is 11.4. The molecule has 0 amide bonds. The molecule has 3 aliphatic carbocycles. The zero-order valence-corrected chi connectivity index (χ0v) is 11.4. The summed E-state index contributed by atoms with van der Waals surface area (Å²) in [5.41, 5.74) is 0.617. The van der Waals surface area contributed by atoms with Gasteiger partial charge in [-0.05, 0) is 49.9 Å². The van der Waals surface area contributed by atoms with Crippen LogP contribution < -0.4 is 10.6 Å². The lowest BCUT2D eigenvalue weighted by Gasteiger charge is -2.43. The number of guanidine groups is 1. The van der Waals surface area contributed by atoms with Crippen molar-refractivity contribution in [3.63, 3.8) is 0 Å². The van der Waals surface area contributed by atoms with Crippen molar-refractivity contribution in [2.45, 2.75) is 51.0 Å². The monoisotopic (exact) mass is 247 g/mol. The highest BCUT2D eigenvalue weighted by Crippen LogP contribution is 2.56. The molecule has 0 radical (unpaired) electrons. The number of rotatable bonds is 4. The number of hydrogen-bond acceptors (Lipinski definition) is 1. The summed E-state index contributed by atoms with van der Waals surface area (Å²) < 4.78 is 0. The Morgan fingerprint density at radius 1 is 1.28 bits per heavy atom. The van der Waals surface area contributed by atoms with E-state index in [0.29, 0.717) is 11.5 Å². The summed E-state index contributed by atoms with van der Waals surface area (Å²) >= 11 is 0. The van der Waals surface area contributed by atoms with E-state index in [2.05, 4.69) is 27.8 Å². The van der Waals surface area contributed by atoms with E-state index in [1.54, 1.807) is 0 Å². The van der Waals surface area contributed by atoms with E-state index in [-0.39, 0.29) is 0 Å². The Bertz CT molecular complexity index is 343. The predicted molar refractivity (Wildman–Crippen MR) is 75.7 cm³/mol. The largest absolute Gasteiger partial charge is 0.356 e. The van der Waals surface area contributed by atoms with E-state index in [9.17, 15) is 0 Å². The summed E-state index contributed by atoms with van der Waals surface area (Å²) in [5.74, 6) is 2.00. The minimum absolute atomic E-state index is 0.550. The van der Waals surface area contributed by atoms with Gasteiger partial charge in [0.2, 0.25) is 0 Å². The molecule has 3 heteroatoms. The molecule has 2 fully saturated rings. The summed E-state index contributed by atoms with van der Waals surface area (Å²) in [5, 5.41) is 7.09. The SMILES string of the molecule is CN=C(NCC1(C2CC2)CCC1)NC1CC=CC1. The summed E-state index contributed by atoms with van der Waals surface area (Å²) in [6.45, 7) is 1.12. The second kappa shape index (κ2) is 4.94. The highest BCUT2D eigenvalue weighted by molar-refractivity contribution is 5.80. The molecular formula is C15H25N3. The molecule has 3 nitrogen and oxygen atoms in total. The number of nitrogens with zero attached hydrogens (tertiary/aromatic N) is 1. The van der Waals surface area contributed by atoms with E-state index in [0.717, 1.165) is 31.3 Å². The standard InChI is InChI=1S/C15H25N3/c1-16-14(18-13-5-2-3-6-13)17-11-15(9-4-10-15)12-7-8-12/h2-3,12-13H,4-11H2,1H3,(H2,16,17,18). The smallest absolute Gasteiger partial charge is 0.191 e. The van der Waals surface area contributed by atoms with Gasteiger partial charge in [-0.25, -0.2) is 0 Å². The molecule has 0 unspecified atom stereocenters. The molecule has 0 heterocycles. The lowest BCUT2D eigenvalue weighted by atomic mass is 9.65. The molecule has 3 rings (SSSR count). The highest BCUT2D eigenvalue weighted by atomic mass is 15.2. The lowest BCUT2D eigenvalue weighted by molar-refractivity contribution is 0.106. The molecule has 100 valence electrons. The van der Waals surface area contributed by atoms with E-state index >= 15 is 0 Å². The van der Waals surface area contributed by atoms with Crippen LogP contribution in [0.2, 0.25) is 0 Å². The molecule has 0 atom stereocenters. The van der Waals surface area contributed by atoms with Gasteiger partial charge < -0.3 is 10.6 Å². The van der Waals surface area contributed by atoms with E-state index in [1.165, 1.54) is 32.1 Å². The fourth-order valence-corrected chi connectivity index (χ4v) is 3.44. The summed E-state index contributed by atoms with van der Waals surface area (Å²) in [7, 11) is 1.88. The maximum atomic E-state index is 4.36. The third-order valence-corrected chi connectivity index (χ3v) is 4.97. The number of nitrogens with one attached hydrogen (secondary N) is 2. The molecular weight excluding hydrogens is 222 g/mol. The Morgan fingerprint density at radius 2 is 2.00 bits per heavy atom. The van der Waals surface area contributed by atoms with E-state index < -0.39 is 0 Å². The van der Waals surface area contributed by atoms with Crippen LogP contribution in [0.3, 0.4) is 0 Å². The van der Waals surface area contributed by atoms with E-state index in [4.69, 9.17) is 0 Å². The summed E-state index contributed by atoms with van der Waals surface area (Å²) in [4.78, 5) is 4.36. The molecule has 0 aromatic rings. The molecule has 0 spiro atoms. The Labute approximate surface area is 110 Å². The number of hydrogen-bond donors (Lipinski definition) is 2. The molecule has 2 N–H and O–H groups in total. The Balaban J connectivity index is 1.48. The van der Waals surface area contributed by atoms with Crippen LogP contribution in [-0.2, 0) is 0 Å². The maximum Gasteiger partial charge on any atom is 0.191 e. The Kier molecular flexibility index (Phi) is 3.31. The van der Waals surface area contributed by atoms with Gasteiger partial charge in [0, 0.05) is 19.6 Å². The first-order chi connectivity index (χ1) is 8.82. The third-order valence-electron chi connectivity index (χ3n) is 4.97. The molecule has 0 aromatic heterocycles. The molecule has 18 heavy (non-hydrogen) atoms. The van der Waals surface area contributed by atoms with Crippen LogP contribution in [0.5, 0.6) is 0 Å². The molecule has 0 aliphatic heterocycles. The van der Waals surface area contributed by atoms with Gasteiger partial charge in [0.1, 0.15) is 0 Å².